The van der Waals surface area contributed by atoms with Crippen LogP contribution in [0, 0.1) is 0 Å². The van der Waals surface area contributed by atoms with Gasteiger partial charge in [-0.05, 0) is 83.5 Å². The molecule has 6 nitrogen and oxygen atoms in total. The predicted molar refractivity (Wildman–Crippen MR) is 339 cm³/mol. The van der Waals surface area contributed by atoms with Crippen molar-refractivity contribution in [3.05, 3.63) is 60.8 Å². The third-order valence-corrected chi connectivity index (χ3v) is 15.3. The van der Waals surface area contributed by atoms with Crippen LogP contribution in [0.3, 0.4) is 0 Å². The highest BCUT2D eigenvalue weighted by molar-refractivity contribution is 5.71. The Balaban J connectivity index is 4.30. The van der Waals surface area contributed by atoms with Crippen LogP contribution < -0.4 is 0 Å². The highest BCUT2D eigenvalue weighted by atomic mass is 16.6. The number of allylic oxidation sites excluding steroid dienone is 10. The Labute approximate surface area is 485 Å². The van der Waals surface area contributed by atoms with Crippen LogP contribution >= 0.6 is 0 Å². The summed E-state index contributed by atoms with van der Waals surface area (Å²) in [5.74, 6) is -0.904. The van der Waals surface area contributed by atoms with Crippen molar-refractivity contribution in [2.45, 2.75) is 367 Å². The van der Waals surface area contributed by atoms with E-state index >= 15 is 0 Å². The lowest BCUT2D eigenvalue weighted by atomic mass is 10.0. The largest absolute Gasteiger partial charge is 0.462 e. The standard InChI is InChI=1S/C72H130O6/c1-4-7-10-13-16-19-22-25-28-30-32-34-35-36-37-38-40-41-44-47-50-53-56-59-62-65-71(74)77-68-69(67-76-70(73)64-61-58-55-52-49-46-43-27-24-21-18-15-12-9-6-3)78-72(75)66-63-60-57-54-51-48-45-42-39-33-31-29-26-23-20-17-14-11-8-5-2/h9,12,18,21,27,30,32,43,49,52,69H,4-8,10-11,13-17,19-20,22-26,28-29,31,33-42,44-48,50-51,53-68H2,1-3H3/b12-9-,21-18-,32-30-,43-27-,52-49-. The molecule has 1 atom stereocenters. The van der Waals surface area contributed by atoms with Crippen molar-refractivity contribution in [1.29, 1.82) is 0 Å². The first-order chi connectivity index (χ1) is 38.5. The van der Waals surface area contributed by atoms with Crippen LogP contribution in [0.2, 0.25) is 0 Å². The van der Waals surface area contributed by atoms with Gasteiger partial charge in [0.2, 0.25) is 0 Å². The Morgan fingerprint density at radius 1 is 0.269 bits per heavy atom. The number of rotatable bonds is 63. The van der Waals surface area contributed by atoms with Crippen LogP contribution in [0.15, 0.2) is 60.8 Å². The van der Waals surface area contributed by atoms with Crippen LogP contribution in [-0.4, -0.2) is 37.2 Å². The second-order valence-corrected chi connectivity index (χ2v) is 23.1. The van der Waals surface area contributed by atoms with Crippen LogP contribution in [0.5, 0.6) is 0 Å². The van der Waals surface area contributed by atoms with Crippen LogP contribution in [0.25, 0.3) is 0 Å². The van der Waals surface area contributed by atoms with Crippen LogP contribution in [0.4, 0.5) is 0 Å². The number of unbranched alkanes of at least 4 members (excludes halogenated alkanes) is 42. The van der Waals surface area contributed by atoms with E-state index in [2.05, 4.69) is 81.5 Å². The Morgan fingerprint density at radius 3 is 0.821 bits per heavy atom. The lowest BCUT2D eigenvalue weighted by molar-refractivity contribution is -0.167. The van der Waals surface area contributed by atoms with Gasteiger partial charge in [-0.25, -0.2) is 0 Å². The first kappa shape index (κ1) is 75.1. The maximum absolute atomic E-state index is 12.9. The minimum Gasteiger partial charge on any atom is -0.462 e. The van der Waals surface area contributed by atoms with Gasteiger partial charge in [-0.15, -0.1) is 0 Å². The predicted octanol–water partition coefficient (Wildman–Crippen LogP) is 23.5. The zero-order valence-corrected chi connectivity index (χ0v) is 52.2. The topological polar surface area (TPSA) is 78.9 Å². The average Bonchev–Trinajstić information content (AvgIpc) is 3.44. The van der Waals surface area contributed by atoms with Crippen molar-refractivity contribution < 1.29 is 28.6 Å². The van der Waals surface area contributed by atoms with Gasteiger partial charge in [0.25, 0.3) is 0 Å². The normalized spacial score (nSPS) is 12.4. The second kappa shape index (κ2) is 66.6. The van der Waals surface area contributed by atoms with E-state index in [4.69, 9.17) is 14.2 Å². The molecule has 454 valence electrons. The van der Waals surface area contributed by atoms with E-state index in [-0.39, 0.29) is 31.1 Å². The minimum absolute atomic E-state index is 0.0836. The third-order valence-electron chi connectivity index (χ3n) is 15.3. The fourth-order valence-electron chi connectivity index (χ4n) is 10.1. The molecule has 0 N–H and O–H groups in total. The van der Waals surface area contributed by atoms with Gasteiger partial charge in [0.05, 0.1) is 0 Å². The molecule has 0 aliphatic heterocycles. The van der Waals surface area contributed by atoms with E-state index < -0.39 is 6.10 Å². The molecule has 0 amide bonds. The van der Waals surface area contributed by atoms with Crippen molar-refractivity contribution in [2.24, 2.45) is 0 Å². The summed E-state index contributed by atoms with van der Waals surface area (Å²) in [5, 5.41) is 0. The fourth-order valence-corrected chi connectivity index (χ4v) is 10.1. The SMILES string of the molecule is CC/C=C\C/C=C\C/C=C\C/C=C\CCCCC(=O)OCC(COC(=O)CCCCCCCCCCCCCCC/C=C\CCCCCCCCCC)OC(=O)CCCCCCCCCCCCCCCCCCCCCC. The highest BCUT2D eigenvalue weighted by Gasteiger charge is 2.19. The van der Waals surface area contributed by atoms with Crippen molar-refractivity contribution in [3.8, 4) is 0 Å². The van der Waals surface area contributed by atoms with Crippen LogP contribution in [-0.2, 0) is 28.6 Å². The molecule has 1 unspecified atom stereocenters. The molecule has 0 aromatic carbocycles. The summed E-state index contributed by atoms with van der Waals surface area (Å²) in [4.78, 5) is 38.4. The molecule has 0 aromatic heterocycles. The molecular formula is C72H130O6. The summed E-state index contributed by atoms with van der Waals surface area (Å²) in [5.41, 5.74) is 0. The number of carbonyl (C=O) groups is 3. The molecule has 78 heavy (non-hydrogen) atoms. The molecule has 0 saturated heterocycles. The van der Waals surface area contributed by atoms with Gasteiger partial charge in [0, 0.05) is 19.3 Å². The van der Waals surface area contributed by atoms with Gasteiger partial charge in [-0.2, -0.15) is 0 Å². The lowest BCUT2D eigenvalue weighted by Gasteiger charge is -2.18. The number of hydrogen-bond acceptors (Lipinski definition) is 6. The van der Waals surface area contributed by atoms with Gasteiger partial charge < -0.3 is 14.2 Å². The number of carbonyl (C=O) groups excluding carboxylic acids is 3. The molecule has 0 radical (unpaired) electrons. The monoisotopic (exact) mass is 1090 g/mol. The number of hydrogen-bond donors (Lipinski definition) is 0. The van der Waals surface area contributed by atoms with E-state index in [0.717, 1.165) is 83.5 Å². The minimum atomic E-state index is -0.790. The van der Waals surface area contributed by atoms with Gasteiger partial charge in [0.1, 0.15) is 13.2 Å². The van der Waals surface area contributed by atoms with Gasteiger partial charge in [-0.1, -0.05) is 319 Å². The van der Waals surface area contributed by atoms with Crippen molar-refractivity contribution >= 4 is 17.9 Å². The van der Waals surface area contributed by atoms with Crippen molar-refractivity contribution in [1.82, 2.24) is 0 Å². The summed E-state index contributed by atoms with van der Waals surface area (Å²) in [7, 11) is 0. The Hall–Kier alpha value is -2.89. The summed E-state index contributed by atoms with van der Waals surface area (Å²) in [6.45, 7) is 6.55. The van der Waals surface area contributed by atoms with Gasteiger partial charge >= 0.3 is 17.9 Å². The Kier molecular flexibility index (Phi) is 64.2. The zero-order chi connectivity index (χ0) is 56.4. The maximum Gasteiger partial charge on any atom is 0.306 e. The van der Waals surface area contributed by atoms with Gasteiger partial charge in [-0.3, -0.25) is 14.4 Å². The first-order valence-electron chi connectivity index (χ1n) is 34.3. The smallest absolute Gasteiger partial charge is 0.306 e. The molecule has 0 rings (SSSR count). The summed E-state index contributed by atoms with van der Waals surface area (Å²) >= 11 is 0. The third kappa shape index (κ3) is 63.9. The molecule has 0 saturated carbocycles. The summed E-state index contributed by atoms with van der Waals surface area (Å²) in [6, 6.07) is 0. The van der Waals surface area contributed by atoms with E-state index in [9.17, 15) is 14.4 Å². The zero-order valence-electron chi connectivity index (χ0n) is 52.2. The highest BCUT2D eigenvalue weighted by Crippen LogP contribution is 2.18. The van der Waals surface area contributed by atoms with E-state index in [0.29, 0.717) is 19.3 Å². The summed E-state index contributed by atoms with van der Waals surface area (Å²) < 4.78 is 16.9. The van der Waals surface area contributed by atoms with Crippen molar-refractivity contribution in [2.75, 3.05) is 13.2 Å². The Morgan fingerprint density at radius 2 is 0.500 bits per heavy atom. The molecule has 0 fully saturated rings. The van der Waals surface area contributed by atoms with E-state index in [1.54, 1.807) is 0 Å². The maximum atomic E-state index is 12.9. The number of esters is 3. The quantitative estimate of drug-likeness (QED) is 0.0261. The average molecular weight is 1090 g/mol. The summed E-state index contributed by atoms with van der Waals surface area (Å²) in [6.07, 6.45) is 85.4. The lowest BCUT2D eigenvalue weighted by Crippen LogP contribution is -2.30. The molecule has 0 spiro atoms. The Bertz CT molecular complexity index is 1390. The van der Waals surface area contributed by atoms with Crippen molar-refractivity contribution in [3.63, 3.8) is 0 Å². The second-order valence-electron chi connectivity index (χ2n) is 23.1. The van der Waals surface area contributed by atoms with E-state index in [1.807, 2.05) is 0 Å². The fraction of sp³-hybridized carbons (Fsp3) is 0.819. The molecule has 0 heterocycles. The molecule has 0 bridgehead atoms. The van der Waals surface area contributed by atoms with Gasteiger partial charge in [0.15, 0.2) is 6.10 Å². The molecule has 6 heteroatoms. The molecular weight excluding hydrogens is 961 g/mol. The molecule has 0 aliphatic rings. The number of ether oxygens (including phenoxy) is 3. The van der Waals surface area contributed by atoms with E-state index in [1.165, 1.54) is 238 Å². The molecule has 0 aliphatic carbocycles. The van der Waals surface area contributed by atoms with Crippen LogP contribution in [0.1, 0.15) is 361 Å². The molecule has 0 aromatic rings. The first-order valence-corrected chi connectivity index (χ1v) is 34.3.